The summed E-state index contributed by atoms with van der Waals surface area (Å²) in [5, 5.41) is 5.27. The zero-order valence-corrected chi connectivity index (χ0v) is 25.2. The summed E-state index contributed by atoms with van der Waals surface area (Å²) in [6.45, 7) is 2.80. The molecule has 2 aliphatic rings. The number of pyridine rings is 2. The third-order valence-corrected chi connectivity index (χ3v) is 8.08. The second kappa shape index (κ2) is 13.0. The number of likely N-dealkylation sites (tertiary alicyclic amines) is 1. The van der Waals surface area contributed by atoms with Crippen LogP contribution in [-0.4, -0.2) is 88.9 Å². The lowest BCUT2D eigenvalue weighted by Crippen LogP contribution is -2.57. The first kappa shape index (κ1) is 34.5. The molecule has 0 aromatic carbocycles. The van der Waals surface area contributed by atoms with E-state index in [2.05, 4.69) is 30.6 Å². The molecule has 1 fully saturated rings. The molecule has 4 unspecified atom stereocenters. The quantitative estimate of drug-likeness (QED) is 0.299. The Kier molecular flexibility index (Phi) is 9.51. The van der Waals surface area contributed by atoms with Gasteiger partial charge < -0.3 is 25.8 Å². The summed E-state index contributed by atoms with van der Waals surface area (Å²) < 4.78 is 139. The number of hydrogen-bond donors (Lipinski definition) is 3. The molecule has 0 aliphatic carbocycles. The first-order chi connectivity index (χ1) is 21.9. The van der Waals surface area contributed by atoms with Gasteiger partial charge in [0.2, 0.25) is 12.3 Å². The van der Waals surface area contributed by atoms with Gasteiger partial charge in [0, 0.05) is 50.1 Å². The molecule has 0 amide bonds. The maximum absolute atomic E-state index is 16.5. The van der Waals surface area contributed by atoms with Gasteiger partial charge >= 0.3 is 18.4 Å². The van der Waals surface area contributed by atoms with Crippen LogP contribution in [0.3, 0.4) is 0 Å². The van der Waals surface area contributed by atoms with Gasteiger partial charge in [0.25, 0.3) is 0 Å². The molecule has 0 spiro atoms. The Bertz CT molecular complexity index is 1620. The number of alkyl halides is 8. The Morgan fingerprint density at radius 1 is 1.11 bits per heavy atom. The Hall–Kier alpha value is -3.87. The standard InChI is InChI=1S/C28H31F9N8O2/c1-11-6-16(27(32,33)34)47-25-19-23(21(31)22(42-25)14-8-18(38)41-12(2)20(14)28(35,36)37)43-26(44-24(19)40-5-4-39-11)46-10-15-13(7-17(29)30)9-45(15)3/h8,11,13,15-17,39H,4-7,9-10H2,1-3H3,(H2,38,41)(H,40,43,44). The average Bonchev–Trinajstić information content (AvgIpc) is 2.96. The highest BCUT2D eigenvalue weighted by Gasteiger charge is 2.44. The molecule has 5 heterocycles. The fraction of sp³-hybridized carbons (Fsp3) is 0.571. The number of halogens is 9. The van der Waals surface area contributed by atoms with Gasteiger partial charge in [-0.15, -0.1) is 0 Å². The van der Waals surface area contributed by atoms with E-state index >= 15 is 4.39 Å². The lowest BCUT2D eigenvalue weighted by molar-refractivity contribution is -0.198. The molecule has 47 heavy (non-hydrogen) atoms. The van der Waals surface area contributed by atoms with Crippen molar-refractivity contribution < 1.29 is 49.0 Å². The molecule has 4 N–H and O–H groups in total. The van der Waals surface area contributed by atoms with E-state index in [4.69, 9.17) is 15.2 Å². The highest BCUT2D eigenvalue weighted by molar-refractivity contribution is 5.96. The number of anilines is 2. The van der Waals surface area contributed by atoms with E-state index in [1.54, 1.807) is 11.9 Å². The normalized spacial score (nSPS) is 22.7. The average molecular weight is 683 g/mol. The highest BCUT2D eigenvalue weighted by atomic mass is 19.4. The number of aromatic nitrogens is 4. The van der Waals surface area contributed by atoms with Crippen LogP contribution >= 0.6 is 0 Å². The number of likely N-dealkylation sites (N-methyl/N-ethyl adjacent to an activating group) is 1. The number of aryl methyl sites for hydroxylation is 1. The topological polar surface area (TPSA) is 123 Å². The number of ether oxygens (including phenoxy) is 2. The summed E-state index contributed by atoms with van der Waals surface area (Å²) in [5.74, 6) is -3.49. The van der Waals surface area contributed by atoms with Crippen molar-refractivity contribution >= 4 is 22.5 Å². The minimum absolute atomic E-state index is 0.0511. The molecule has 1 saturated heterocycles. The van der Waals surface area contributed by atoms with E-state index in [1.165, 1.54) is 6.92 Å². The zero-order valence-electron chi connectivity index (χ0n) is 25.2. The largest absolute Gasteiger partial charge is 0.464 e. The summed E-state index contributed by atoms with van der Waals surface area (Å²) >= 11 is 0. The van der Waals surface area contributed by atoms with Crippen LogP contribution in [0.1, 0.15) is 31.0 Å². The van der Waals surface area contributed by atoms with Crippen LogP contribution in [0.25, 0.3) is 22.2 Å². The van der Waals surface area contributed by atoms with Crippen molar-refractivity contribution in [3.63, 3.8) is 0 Å². The van der Waals surface area contributed by atoms with Crippen LogP contribution in [0.15, 0.2) is 6.07 Å². The summed E-state index contributed by atoms with van der Waals surface area (Å²) in [6, 6.07) is -1.04. The van der Waals surface area contributed by atoms with Crippen molar-refractivity contribution in [2.45, 2.75) is 63.7 Å². The summed E-state index contributed by atoms with van der Waals surface area (Å²) in [7, 11) is 1.68. The molecule has 3 aromatic rings. The van der Waals surface area contributed by atoms with Gasteiger partial charge in [-0.1, -0.05) is 0 Å². The predicted molar refractivity (Wildman–Crippen MR) is 152 cm³/mol. The molecule has 19 heteroatoms. The molecular weight excluding hydrogens is 651 g/mol. The van der Waals surface area contributed by atoms with Gasteiger partial charge in [-0.25, -0.2) is 23.1 Å². The number of nitrogen functional groups attached to an aromatic ring is 1. The van der Waals surface area contributed by atoms with Crippen LogP contribution in [0.4, 0.5) is 51.1 Å². The molecule has 3 aromatic heterocycles. The minimum atomic E-state index is -5.10. The summed E-state index contributed by atoms with van der Waals surface area (Å²) in [4.78, 5) is 17.5. The van der Waals surface area contributed by atoms with Crippen molar-refractivity contribution in [2.24, 2.45) is 5.92 Å². The zero-order chi connectivity index (χ0) is 34.4. The van der Waals surface area contributed by atoms with Crippen molar-refractivity contribution in [1.29, 1.82) is 0 Å². The monoisotopic (exact) mass is 682 g/mol. The van der Waals surface area contributed by atoms with Gasteiger partial charge in [-0.05, 0) is 32.9 Å². The Morgan fingerprint density at radius 3 is 2.47 bits per heavy atom. The number of hydrogen-bond acceptors (Lipinski definition) is 10. The number of nitrogens with zero attached hydrogens (tertiary/aromatic N) is 5. The van der Waals surface area contributed by atoms with Crippen LogP contribution < -0.4 is 25.8 Å². The third kappa shape index (κ3) is 7.34. The van der Waals surface area contributed by atoms with Gasteiger partial charge in [0.05, 0.1) is 11.3 Å². The lowest BCUT2D eigenvalue weighted by Gasteiger charge is -2.45. The van der Waals surface area contributed by atoms with E-state index in [9.17, 15) is 35.1 Å². The molecule has 0 bridgehead atoms. The fourth-order valence-corrected chi connectivity index (χ4v) is 5.84. The van der Waals surface area contributed by atoms with Gasteiger partial charge in [0.1, 0.15) is 34.8 Å². The van der Waals surface area contributed by atoms with E-state index in [0.717, 1.165) is 6.92 Å². The van der Waals surface area contributed by atoms with Crippen LogP contribution in [0, 0.1) is 18.7 Å². The fourth-order valence-electron chi connectivity index (χ4n) is 5.84. The van der Waals surface area contributed by atoms with Crippen LogP contribution in [0.5, 0.6) is 11.9 Å². The van der Waals surface area contributed by atoms with E-state index in [0.29, 0.717) is 12.6 Å². The Morgan fingerprint density at radius 2 is 1.83 bits per heavy atom. The first-order valence-corrected chi connectivity index (χ1v) is 14.5. The number of nitrogens with one attached hydrogen (secondary N) is 2. The van der Waals surface area contributed by atoms with E-state index < -0.39 is 113 Å². The molecule has 0 radical (unpaired) electrons. The van der Waals surface area contributed by atoms with Crippen LogP contribution in [0.2, 0.25) is 0 Å². The number of nitrogens with two attached hydrogens (primary N) is 1. The van der Waals surface area contributed by atoms with Gasteiger partial charge in [-0.3, -0.25) is 4.90 Å². The van der Waals surface area contributed by atoms with Crippen molar-refractivity contribution in [2.75, 3.05) is 44.3 Å². The first-order valence-electron chi connectivity index (χ1n) is 14.5. The number of rotatable bonds is 6. The van der Waals surface area contributed by atoms with Crippen molar-refractivity contribution in [1.82, 2.24) is 30.2 Å². The SMILES string of the molecule is Cc1nc(N)cc(-c2nc3c4c(nc(OCC5C(CC(F)F)CN5C)nc4c2F)NCCNC(C)CC(C(F)(F)F)O3)c1C(F)(F)F. The van der Waals surface area contributed by atoms with Gasteiger partial charge in [-0.2, -0.15) is 36.3 Å². The second-order valence-electron chi connectivity index (χ2n) is 11.6. The molecule has 5 rings (SSSR count). The summed E-state index contributed by atoms with van der Waals surface area (Å²) in [6.07, 6.45) is -16.2. The lowest BCUT2D eigenvalue weighted by atomic mass is 9.87. The molecule has 258 valence electrons. The minimum Gasteiger partial charge on any atom is -0.464 e. The maximum atomic E-state index is 16.5. The van der Waals surface area contributed by atoms with Gasteiger partial charge in [0.15, 0.2) is 11.9 Å². The molecule has 0 saturated carbocycles. The Balaban J connectivity index is 1.72. The molecular formula is C28H31F9N8O2. The molecule has 4 atom stereocenters. The van der Waals surface area contributed by atoms with Crippen molar-refractivity contribution in [3.05, 3.63) is 23.1 Å². The highest BCUT2D eigenvalue weighted by Crippen LogP contribution is 2.44. The van der Waals surface area contributed by atoms with Crippen LogP contribution in [-0.2, 0) is 6.18 Å². The van der Waals surface area contributed by atoms with E-state index in [1.807, 2.05) is 0 Å². The smallest absolute Gasteiger partial charge is 0.425 e. The van der Waals surface area contributed by atoms with E-state index in [-0.39, 0.29) is 25.5 Å². The van der Waals surface area contributed by atoms with Crippen molar-refractivity contribution in [3.8, 4) is 23.1 Å². The maximum Gasteiger partial charge on any atom is 0.425 e. The summed E-state index contributed by atoms with van der Waals surface area (Å²) in [5.41, 5.74) is 0.944. The second-order valence-corrected chi connectivity index (χ2v) is 11.6. The Labute approximate surface area is 262 Å². The predicted octanol–water partition coefficient (Wildman–Crippen LogP) is 5.20. The third-order valence-electron chi connectivity index (χ3n) is 8.08. The molecule has 2 aliphatic heterocycles. The molecule has 10 nitrogen and oxygen atoms in total.